The number of aliphatic hydroxyl groups is 1. The highest BCUT2D eigenvalue weighted by Gasteiger charge is 2.29. The van der Waals surface area contributed by atoms with E-state index in [1.165, 1.54) is 11.1 Å². The van der Waals surface area contributed by atoms with Crippen molar-refractivity contribution in [1.29, 1.82) is 0 Å². The fraction of sp³-hybridized carbons (Fsp3) is 0.294. The van der Waals surface area contributed by atoms with Gasteiger partial charge in [-0.2, -0.15) is 0 Å². The Kier molecular flexibility index (Phi) is 3.53. The van der Waals surface area contributed by atoms with Gasteiger partial charge in [0.1, 0.15) is 5.60 Å². The Hall–Kier alpha value is -1.60. The average Bonchev–Trinajstić information content (AvgIpc) is 2.38. The smallest absolute Gasteiger partial charge is 0.114 e. The summed E-state index contributed by atoms with van der Waals surface area (Å²) in [5.74, 6) is 0. The molecule has 0 aliphatic rings. The van der Waals surface area contributed by atoms with Crippen molar-refractivity contribution in [3.63, 3.8) is 0 Å². The summed E-state index contributed by atoms with van der Waals surface area (Å²) in [5.41, 5.74) is 3.39. The monoisotopic (exact) mass is 240 g/mol. The lowest BCUT2D eigenvalue weighted by molar-refractivity contribution is 0.0764. The van der Waals surface area contributed by atoms with Gasteiger partial charge in [-0.15, -0.1) is 0 Å². The summed E-state index contributed by atoms with van der Waals surface area (Å²) < 4.78 is 0. The summed E-state index contributed by atoms with van der Waals surface area (Å²) in [6.45, 7) is 6.12. The van der Waals surface area contributed by atoms with Crippen LogP contribution in [0, 0.1) is 13.8 Å². The van der Waals surface area contributed by atoms with E-state index in [2.05, 4.69) is 38.1 Å². The molecule has 0 radical (unpaired) electrons. The van der Waals surface area contributed by atoms with Gasteiger partial charge in [-0.1, -0.05) is 66.6 Å². The first kappa shape index (κ1) is 12.8. The van der Waals surface area contributed by atoms with E-state index in [4.69, 9.17) is 0 Å². The molecule has 2 aromatic carbocycles. The van der Waals surface area contributed by atoms with Crippen molar-refractivity contribution in [3.05, 3.63) is 70.8 Å². The predicted molar refractivity (Wildman–Crippen MR) is 75.6 cm³/mol. The molecule has 0 unspecified atom stereocenters. The predicted octanol–water partition coefficient (Wildman–Crippen LogP) is 3.95. The Bertz CT molecular complexity index is 497. The highest BCUT2D eigenvalue weighted by Crippen LogP contribution is 2.33. The fourth-order valence-electron chi connectivity index (χ4n) is 2.38. The lowest BCUT2D eigenvalue weighted by Gasteiger charge is -2.28. The van der Waals surface area contributed by atoms with Crippen LogP contribution in [0.1, 0.15) is 35.6 Å². The van der Waals surface area contributed by atoms with Gasteiger partial charge in [-0.3, -0.25) is 0 Å². The molecule has 94 valence electrons. The number of aryl methyl sites for hydroxylation is 2. The molecule has 1 nitrogen and oxygen atoms in total. The Morgan fingerprint density at radius 3 is 1.67 bits per heavy atom. The summed E-state index contributed by atoms with van der Waals surface area (Å²) in [6, 6.07) is 16.2. The minimum absolute atomic E-state index is 0.667. The van der Waals surface area contributed by atoms with Gasteiger partial charge in [0.2, 0.25) is 0 Å². The van der Waals surface area contributed by atoms with Crippen LogP contribution in [0.25, 0.3) is 0 Å². The molecule has 0 amide bonds. The first-order valence-corrected chi connectivity index (χ1v) is 6.43. The van der Waals surface area contributed by atoms with E-state index in [0.717, 1.165) is 11.1 Å². The van der Waals surface area contributed by atoms with Gasteiger partial charge in [0.05, 0.1) is 0 Å². The van der Waals surface area contributed by atoms with Gasteiger partial charge in [0.25, 0.3) is 0 Å². The van der Waals surface area contributed by atoms with Crippen LogP contribution in [0.15, 0.2) is 48.5 Å². The molecule has 0 saturated heterocycles. The molecular weight excluding hydrogens is 220 g/mol. The first-order valence-electron chi connectivity index (χ1n) is 6.43. The molecule has 0 aromatic heterocycles. The van der Waals surface area contributed by atoms with Crippen molar-refractivity contribution in [2.45, 2.75) is 32.8 Å². The Morgan fingerprint density at radius 1 is 0.889 bits per heavy atom. The van der Waals surface area contributed by atoms with Crippen LogP contribution in [0.5, 0.6) is 0 Å². The maximum absolute atomic E-state index is 11.0. The van der Waals surface area contributed by atoms with Crippen molar-refractivity contribution in [1.82, 2.24) is 0 Å². The van der Waals surface area contributed by atoms with Crippen LogP contribution >= 0.6 is 0 Å². The topological polar surface area (TPSA) is 20.2 Å². The molecule has 0 fully saturated rings. The van der Waals surface area contributed by atoms with Crippen molar-refractivity contribution >= 4 is 0 Å². The minimum Gasteiger partial charge on any atom is -0.380 e. The third kappa shape index (κ3) is 2.32. The summed E-state index contributed by atoms with van der Waals surface area (Å²) in [6.07, 6.45) is 0.667. The van der Waals surface area contributed by atoms with Crippen LogP contribution in [-0.4, -0.2) is 5.11 Å². The third-order valence-corrected chi connectivity index (χ3v) is 3.50. The molecule has 1 N–H and O–H groups in total. The van der Waals surface area contributed by atoms with E-state index in [9.17, 15) is 5.11 Å². The van der Waals surface area contributed by atoms with E-state index in [-0.39, 0.29) is 0 Å². The molecule has 2 rings (SSSR count). The molecule has 0 heterocycles. The summed E-state index contributed by atoms with van der Waals surface area (Å²) >= 11 is 0. The average molecular weight is 240 g/mol. The molecule has 0 atom stereocenters. The lowest BCUT2D eigenvalue weighted by Crippen LogP contribution is -2.26. The van der Waals surface area contributed by atoms with Crippen molar-refractivity contribution in [3.8, 4) is 0 Å². The quantitative estimate of drug-likeness (QED) is 0.861. The Labute approximate surface area is 109 Å². The SMILES string of the molecule is CCC(O)(c1cccc(C)c1)c1cccc(C)c1. The van der Waals surface area contributed by atoms with Gasteiger partial charge in [0.15, 0.2) is 0 Å². The van der Waals surface area contributed by atoms with E-state index in [0.29, 0.717) is 6.42 Å². The number of benzene rings is 2. The highest BCUT2D eigenvalue weighted by molar-refractivity contribution is 5.39. The largest absolute Gasteiger partial charge is 0.380 e. The van der Waals surface area contributed by atoms with E-state index < -0.39 is 5.60 Å². The van der Waals surface area contributed by atoms with Gasteiger partial charge >= 0.3 is 0 Å². The third-order valence-electron chi connectivity index (χ3n) is 3.50. The summed E-state index contributed by atoms with van der Waals surface area (Å²) in [5, 5.41) is 11.0. The molecule has 0 saturated carbocycles. The molecular formula is C17H20O. The van der Waals surface area contributed by atoms with E-state index in [1.54, 1.807) is 0 Å². The second kappa shape index (κ2) is 4.95. The lowest BCUT2D eigenvalue weighted by atomic mass is 9.83. The van der Waals surface area contributed by atoms with Gasteiger partial charge < -0.3 is 5.11 Å². The van der Waals surface area contributed by atoms with Crippen molar-refractivity contribution in [2.24, 2.45) is 0 Å². The molecule has 2 aromatic rings. The van der Waals surface area contributed by atoms with Crippen LogP contribution in [0.2, 0.25) is 0 Å². The van der Waals surface area contributed by atoms with Gasteiger partial charge in [-0.05, 0) is 31.4 Å². The van der Waals surface area contributed by atoms with Crippen LogP contribution < -0.4 is 0 Å². The minimum atomic E-state index is -0.891. The zero-order chi connectivity index (χ0) is 13.2. The maximum atomic E-state index is 11.0. The summed E-state index contributed by atoms with van der Waals surface area (Å²) in [4.78, 5) is 0. The van der Waals surface area contributed by atoms with E-state index >= 15 is 0 Å². The first-order chi connectivity index (χ1) is 8.56. The summed E-state index contributed by atoms with van der Waals surface area (Å²) in [7, 11) is 0. The Balaban J connectivity index is 2.54. The second-order valence-corrected chi connectivity index (χ2v) is 4.95. The second-order valence-electron chi connectivity index (χ2n) is 4.95. The molecule has 0 aliphatic heterocycles. The van der Waals surface area contributed by atoms with Gasteiger partial charge in [0, 0.05) is 0 Å². The molecule has 0 bridgehead atoms. The Morgan fingerprint density at radius 2 is 1.33 bits per heavy atom. The van der Waals surface area contributed by atoms with Crippen LogP contribution in [0.4, 0.5) is 0 Å². The highest BCUT2D eigenvalue weighted by atomic mass is 16.3. The normalized spacial score (nSPS) is 11.6. The fourth-order valence-corrected chi connectivity index (χ4v) is 2.38. The standard InChI is InChI=1S/C17H20O/c1-4-17(18,15-9-5-7-13(2)11-15)16-10-6-8-14(3)12-16/h5-12,18H,4H2,1-3H3. The number of hydrogen-bond donors (Lipinski definition) is 1. The van der Waals surface area contributed by atoms with Crippen LogP contribution in [0.3, 0.4) is 0 Å². The maximum Gasteiger partial charge on any atom is 0.114 e. The van der Waals surface area contributed by atoms with Gasteiger partial charge in [-0.25, -0.2) is 0 Å². The number of rotatable bonds is 3. The van der Waals surface area contributed by atoms with Crippen molar-refractivity contribution in [2.75, 3.05) is 0 Å². The van der Waals surface area contributed by atoms with E-state index in [1.807, 2.05) is 31.2 Å². The van der Waals surface area contributed by atoms with Crippen molar-refractivity contribution < 1.29 is 5.11 Å². The molecule has 18 heavy (non-hydrogen) atoms. The molecule has 0 aliphatic carbocycles. The number of hydrogen-bond acceptors (Lipinski definition) is 1. The molecule has 1 heteroatoms. The zero-order valence-electron chi connectivity index (χ0n) is 11.3. The molecule has 0 spiro atoms. The zero-order valence-corrected chi connectivity index (χ0v) is 11.3. The van der Waals surface area contributed by atoms with Crippen LogP contribution in [-0.2, 0) is 5.60 Å².